The number of hydrogen-bond acceptors (Lipinski definition) is 6. The van der Waals surface area contributed by atoms with Gasteiger partial charge in [0.05, 0.1) is 11.5 Å². The van der Waals surface area contributed by atoms with E-state index in [4.69, 9.17) is 21.1 Å². The largest absolute Gasteiger partial charge is 0.494 e. The van der Waals surface area contributed by atoms with Crippen molar-refractivity contribution in [2.45, 2.75) is 13.5 Å². The number of rotatable bonds is 9. The molecule has 0 aromatic heterocycles. The van der Waals surface area contributed by atoms with E-state index in [0.717, 1.165) is 26.7 Å². The lowest BCUT2D eigenvalue weighted by atomic mass is 10.1. The molecule has 7 nitrogen and oxygen atoms in total. The minimum Gasteiger partial charge on any atom is -0.494 e. The Morgan fingerprint density at radius 1 is 1.05 bits per heavy atom. The number of thioether (sulfide) groups is 1. The second kappa shape index (κ2) is 12.3. The summed E-state index contributed by atoms with van der Waals surface area (Å²) in [5, 5.41) is 2.81. The van der Waals surface area contributed by atoms with E-state index in [1.54, 1.807) is 54.6 Å². The van der Waals surface area contributed by atoms with Gasteiger partial charge in [-0.2, -0.15) is 0 Å². The number of carbonyl (C=O) groups is 3. The predicted octanol–water partition coefficient (Wildman–Crippen LogP) is 6.76. The van der Waals surface area contributed by atoms with E-state index in [0.29, 0.717) is 41.0 Å². The molecule has 3 aromatic rings. The standard InChI is InChI=1S/C27H22BrClN2O5S/c1-2-35-22-10-8-21(9-11-22)30-25(32)15-31-26(33)24(37-27(31)34)14-18-13-19(28)5-12-23(18)36-16-17-3-6-20(29)7-4-17/h3-14H,2,15-16H2,1H3,(H,30,32)/b24-14+. The Morgan fingerprint density at radius 3 is 2.49 bits per heavy atom. The molecule has 1 saturated heterocycles. The first kappa shape index (κ1) is 26.8. The molecule has 37 heavy (non-hydrogen) atoms. The van der Waals surface area contributed by atoms with Crippen molar-refractivity contribution in [2.75, 3.05) is 18.5 Å². The molecule has 0 unspecified atom stereocenters. The van der Waals surface area contributed by atoms with Crippen molar-refractivity contribution in [2.24, 2.45) is 0 Å². The lowest BCUT2D eigenvalue weighted by molar-refractivity contribution is -0.127. The fourth-order valence-electron chi connectivity index (χ4n) is 3.43. The molecule has 0 atom stereocenters. The molecule has 1 N–H and O–H groups in total. The molecule has 3 aromatic carbocycles. The summed E-state index contributed by atoms with van der Waals surface area (Å²) in [5.41, 5.74) is 2.08. The van der Waals surface area contributed by atoms with Gasteiger partial charge in [-0.05, 0) is 84.9 Å². The fraction of sp³-hybridized carbons (Fsp3) is 0.148. The van der Waals surface area contributed by atoms with Crippen LogP contribution in [0.3, 0.4) is 0 Å². The van der Waals surface area contributed by atoms with Crippen molar-refractivity contribution in [3.05, 3.63) is 92.3 Å². The van der Waals surface area contributed by atoms with Crippen molar-refractivity contribution in [1.29, 1.82) is 0 Å². The number of imide groups is 1. The van der Waals surface area contributed by atoms with Crippen molar-refractivity contribution in [1.82, 2.24) is 4.90 Å². The highest BCUT2D eigenvalue weighted by atomic mass is 79.9. The maximum Gasteiger partial charge on any atom is 0.294 e. The molecule has 0 spiro atoms. The van der Waals surface area contributed by atoms with E-state index in [1.807, 2.05) is 25.1 Å². The van der Waals surface area contributed by atoms with Crippen LogP contribution in [0.4, 0.5) is 10.5 Å². The molecule has 0 aliphatic carbocycles. The number of nitrogens with zero attached hydrogens (tertiary/aromatic N) is 1. The molecule has 0 bridgehead atoms. The van der Waals surface area contributed by atoms with Crippen LogP contribution in [0.2, 0.25) is 5.02 Å². The van der Waals surface area contributed by atoms with Gasteiger partial charge >= 0.3 is 0 Å². The third-order valence-electron chi connectivity index (χ3n) is 5.19. The van der Waals surface area contributed by atoms with Crippen molar-refractivity contribution in [3.8, 4) is 11.5 Å². The van der Waals surface area contributed by atoms with Gasteiger partial charge in [0.2, 0.25) is 5.91 Å². The number of ether oxygens (including phenoxy) is 2. The number of anilines is 1. The van der Waals surface area contributed by atoms with E-state index in [9.17, 15) is 14.4 Å². The molecule has 10 heteroatoms. The summed E-state index contributed by atoms with van der Waals surface area (Å²) in [7, 11) is 0. The van der Waals surface area contributed by atoms with Crippen LogP contribution in [-0.2, 0) is 16.2 Å². The first-order chi connectivity index (χ1) is 17.8. The summed E-state index contributed by atoms with van der Waals surface area (Å²) in [4.78, 5) is 39.2. The number of hydrogen-bond donors (Lipinski definition) is 1. The van der Waals surface area contributed by atoms with E-state index in [2.05, 4.69) is 21.2 Å². The summed E-state index contributed by atoms with van der Waals surface area (Å²) in [6.45, 7) is 2.32. The molecule has 1 fully saturated rings. The van der Waals surface area contributed by atoms with Gasteiger partial charge in [0, 0.05) is 20.7 Å². The third-order valence-corrected chi connectivity index (χ3v) is 6.84. The van der Waals surface area contributed by atoms with Crippen LogP contribution in [0, 0.1) is 0 Å². The second-order valence-electron chi connectivity index (χ2n) is 7.87. The number of amides is 3. The molecule has 1 heterocycles. The van der Waals surface area contributed by atoms with Crippen LogP contribution in [0.25, 0.3) is 6.08 Å². The summed E-state index contributed by atoms with van der Waals surface area (Å²) >= 11 is 10.2. The highest BCUT2D eigenvalue weighted by Gasteiger charge is 2.36. The average Bonchev–Trinajstić information content (AvgIpc) is 3.13. The molecular formula is C27H22BrClN2O5S. The van der Waals surface area contributed by atoms with Crippen LogP contribution < -0.4 is 14.8 Å². The van der Waals surface area contributed by atoms with E-state index >= 15 is 0 Å². The highest BCUT2D eigenvalue weighted by molar-refractivity contribution is 9.10. The molecule has 1 aliphatic rings. The molecule has 0 radical (unpaired) electrons. The minimum absolute atomic E-state index is 0.202. The molecule has 190 valence electrons. The monoisotopic (exact) mass is 600 g/mol. The van der Waals surface area contributed by atoms with Gasteiger partial charge in [-0.3, -0.25) is 19.3 Å². The number of benzene rings is 3. The topological polar surface area (TPSA) is 84.9 Å². The Labute approximate surface area is 231 Å². The third kappa shape index (κ3) is 7.15. The van der Waals surface area contributed by atoms with Crippen molar-refractivity contribution in [3.63, 3.8) is 0 Å². The second-order valence-corrected chi connectivity index (χ2v) is 10.2. The van der Waals surface area contributed by atoms with Crippen LogP contribution in [0.5, 0.6) is 11.5 Å². The first-order valence-corrected chi connectivity index (χ1v) is 13.3. The normalized spacial score (nSPS) is 14.2. The zero-order valence-corrected chi connectivity index (χ0v) is 22.9. The summed E-state index contributed by atoms with van der Waals surface area (Å²) in [6.07, 6.45) is 1.59. The van der Waals surface area contributed by atoms with Crippen LogP contribution in [0.15, 0.2) is 76.1 Å². The van der Waals surface area contributed by atoms with Crippen LogP contribution >= 0.6 is 39.3 Å². The van der Waals surface area contributed by atoms with Gasteiger partial charge in [-0.25, -0.2) is 0 Å². The SMILES string of the molecule is CCOc1ccc(NC(=O)CN2C(=O)S/C(=C/c3cc(Br)ccc3OCc3ccc(Cl)cc3)C2=O)cc1. The summed E-state index contributed by atoms with van der Waals surface area (Å²) in [6, 6.07) is 19.5. The number of nitrogens with one attached hydrogen (secondary N) is 1. The maximum absolute atomic E-state index is 13.0. The van der Waals surface area contributed by atoms with Crippen LogP contribution in [-0.4, -0.2) is 35.1 Å². The van der Waals surface area contributed by atoms with E-state index in [-0.39, 0.29) is 4.91 Å². The first-order valence-electron chi connectivity index (χ1n) is 11.3. The smallest absolute Gasteiger partial charge is 0.294 e. The molecular weight excluding hydrogens is 580 g/mol. The van der Waals surface area contributed by atoms with Gasteiger partial charge < -0.3 is 14.8 Å². The summed E-state index contributed by atoms with van der Waals surface area (Å²) < 4.78 is 12.1. The lowest BCUT2D eigenvalue weighted by Crippen LogP contribution is -2.36. The average molecular weight is 602 g/mol. The minimum atomic E-state index is -0.541. The van der Waals surface area contributed by atoms with Crippen LogP contribution in [0.1, 0.15) is 18.1 Å². The van der Waals surface area contributed by atoms with Gasteiger partial charge in [0.15, 0.2) is 0 Å². The number of carbonyl (C=O) groups excluding carboxylic acids is 3. The zero-order chi connectivity index (χ0) is 26.4. The maximum atomic E-state index is 13.0. The van der Waals surface area contributed by atoms with E-state index < -0.39 is 23.6 Å². The highest BCUT2D eigenvalue weighted by Crippen LogP contribution is 2.35. The molecule has 3 amide bonds. The quantitative estimate of drug-likeness (QED) is 0.273. The Balaban J connectivity index is 1.44. The fourth-order valence-corrected chi connectivity index (χ4v) is 4.76. The van der Waals surface area contributed by atoms with Gasteiger partial charge in [-0.1, -0.05) is 39.7 Å². The van der Waals surface area contributed by atoms with E-state index in [1.165, 1.54) is 0 Å². The van der Waals surface area contributed by atoms with Gasteiger partial charge in [0.1, 0.15) is 24.7 Å². The zero-order valence-electron chi connectivity index (χ0n) is 19.7. The van der Waals surface area contributed by atoms with Gasteiger partial charge in [-0.15, -0.1) is 0 Å². The molecule has 4 rings (SSSR count). The van der Waals surface area contributed by atoms with Crippen molar-refractivity contribution < 1.29 is 23.9 Å². The Morgan fingerprint density at radius 2 is 1.78 bits per heavy atom. The Kier molecular flexibility index (Phi) is 8.91. The molecule has 0 saturated carbocycles. The number of halogens is 2. The van der Waals surface area contributed by atoms with Gasteiger partial charge in [0.25, 0.3) is 11.1 Å². The predicted molar refractivity (Wildman–Crippen MR) is 149 cm³/mol. The Hall–Kier alpha value is -3.27. The summed E-state index contributed by atoms with van der Waals surface area (Å²) in [5.74, 6) is 0.196. The molecule has 1 aliphatic heterocycles. The Bertz CT molecular complexity index is 1350. The van der Waals surface area contributed by atoms with Crippen molar-refractivity contribution >= 4 is 68.1 Å². The lowest BCUT2D eigenvalue weighted by Gasteiger charge is -2.13.